The van der Waals surface area contributed by atoms with Crippen LogP contribution in [0.4, 0.5) is 0 Å². The van der Waals surface area contributed by atoms with Gasteiger partial charge < -0.3 is 40.2 Å². The standard InChI is InChI=1S/2C8H13N3O2.2C5H5.In.Zr/c2*12-7(13)6-2-5-11-4-1-3-9-8(11)10-6;2*1-2-4-5-3-1;;/h2*6H,1-5H2,(H,9,10)(H,12,13);2*1-3H,4H2;;/q;;;;;+2/p-2. The van der Waals surface area contributed by atoms with Crippen molar-refractivity contribution in [3.63, 3.8) is 0 Å². The molecule has 199 valence electrons. The second-order valence-electron chi connectivity index (χ2n) is 9.47. The van der Waals surface area contributed by atoms with E-state index in [1.165, 1.54) is 12.8 Å². The fourth-order valence-corrected chi connectivity index (χ4v) is 7.66. The number of nitrogens with one attached hydrogen (secondary N) is 2. The molecule has 0 aromatic carbocycles. The third-order valence-corrected chi connectivity index (χ3v) is 10.1. The van der Waals surface area contributed by atoms with E-state index >= 15 is 0 Å². The average molecular weight is 701 g/mol. The van der Waals surface area contributed by atoms with E-state index in [1.54, 1.807) is 6.56 Å². The van der Waals surface area contributed by atoms with Gasteiger partial charge in [-0.2, -0.15) is 0 Å². The largest absolute Gasteiger partial charge is 0.548 e. The summed E-state index contributed by atoms with van der Waals surface area (Å²) in [4.78, 5) is 33.8. The van der Waals surface area contributed by atoms with Gasteiger partial charge in [0.1, 0.15) is 0 Å². The van der Waals surface area contributed by atoms with E-state index in [1.807, 2.05) is 0 Å². The topological polar surface area (TPSA) is 136 Å². The van der Waals surface area contributed by atoms with Crippen molar-refractivity contribution in [3.05, 3.63) is 43.0 Å². The minimum Gasteiger partial charge on any atom is -0.548 e. The number of carboxylic acid groups (broad SMARTS) is 2. The zero-order valence-corrected chi connectivity index (χ0v) is 27.4. The van der Waals surface area contributed by atoms with Gasteiger partial charge in [0.05, 0.1) is 24.0 Å². The number of carbonyl (C=O) groups excluding carboxylic acids is 2. The summed E-state index contributed by atoms with van der Waals surface area (Å²) in [5.74, 6) is -0.612. The predicted octanol–water partition coefficient (Wildman–Crippen LogP) is -1.30. The van der Waals surface area contributed by atoms with Crippen molar-refractivity contribution in [2.45, 2.75) is 50.6 Å². The van der Waals surface area contributed by atoms with Crippen LogP contribution >= 0.6 is 0 Å². The van der Waals surface area contributed by atoms with Crippen LogP contribution in [0, 0.1) is 0 Å². The van der Waals surface area contributed by atoms with Gasteiger partial charge in [-0.3, -0.25) is 9.98 Å². The first-order chi connectivity index (χ1) is 18.0. The van der Waals surface area contributed by atoms with Gasteiger partial charge >= 0.3 is 79.1 Å². The second-order valence-corrected chi connectivity index (χ2v) is 13.2. The number of hydrogen-bond acceptors (Lipinski definition) is 10. The molecule has 6 aliphatic rings. The SMILES string of the molecule is C1=CC[C]([Zr+2][C]2=CC=CC2)=C1.O=C([O-])C1CCN2CCCN=C2N1.O=C([O-])C1CCN2CCCN=C2N1.[In]. The Morgan fingerprint density at radius 2 is 1.24 bits per heavy atom. The monoisotopic (exact) mass is 699 g/mol. The third-order valence-electron chi connectivity index (χ3n) is 6.71. The van der Waals surface area contributed by atoms with Crippen LogP contribution in [0.2, 0.25) is 0 Å². The zero-order chi connectivity index (χ0) is 26.0. The van der Waals surface area contributed by atoms with Gasteiger partial charge in [0.25, 0.3) is 0 Å². The summed E-state index contributed by atoms with van der Waals surface area (Å²) in [5.41, 5.74) is 0. The number of allylic oxidation sites excluding steroid dienone is 8. The van der Waals surface area contributed by atoms with E-state index < -0.39 is 24.0 Å². The normalized spacial score (nSPS) is 24.4. The van der Waals surface area contributed by atoms with E-state index in [9.17, 15) is 19.8 Å². The molecule has 2 unspecified atom stereocenters. The first-order valence-electron chi connectivity index (χ1n) is 13.0. The molecule has 12 heteroatoms. The number of carboxylic acids is 2. The van der Waals surface area contributed by atoms with Crippen LogP contribution in [0.3, 0.4) is 0 Å². The number of nitrogens with zero attached hydrogens (tertiary/aromatic N) is 4. The first-order valence-corrected chi connectivity index (χ1v) is 15.5. The quantitative estimate of drug-likeness (QED) is 0.370. The molecule has 10 nitrogen and oxygen atoms in total. The summed E-state index contributed by atoms with van der Waals surface area (Å²) < 4.78 is 3.45. The van der Waals surface area contributed by atoms with E-state index in [0.717, 1.165) is 64.0 Å². The minimum absolute atomic E-state index is 0. The molecule has 2 atom stereocenters. The van der Waals surface area contributed by atoms with E-state index in [2.05, 4.69) is 66.9 Å². The first kappa shape index (κ1) is 30.7. The molecule has 0 aromatic rings. The molecule has 0 saturated carbocycles. The zero-order valence-electron chi connectivity index (χ0n) is 21.6. The van der Waals surface area contributed by atoms with Crippen LogP contribution in [-0.4, -0.2) is 111 Å². The third kappa shape index (κ3) is 9.14. The predicted molar refractivity (Wildman–Crippen MR) is 140 cm³/mol. The van der Waals surface area contributed by atoms with Crippen molar-refractivity contribution in [1.29, 1.82) is 0 Å². The molecule has 3 radical (unpaired) electrons. The molecule has 0 aromatic heterocycles. The molecular weight excluding hydrogens is 666 g/mol. The van der Waals surface area contributed by atoms with E-state index in [-0.39, 0.29) is 49.1 Å². The van der Waals surface area contributed by atoms with E-state index in [4.69, 9.17) is 0 Å². The Kier molecular flexibility index (Phi) is 12.7. The van der Waals surface area contributed by atoms with Crippen molar-refractivity contribution in [1.82, 2.24) is 20.4 Å². The van der Waals surface area contributed by atoms with Crippen molar-refractivity contribution in [3.8, 4) is 0 Å². The summed E-state index contributed by atoms with van der Waals surface area (Å²) in [7, 11) is 0. The molecule has 38 heavy (non-hydrogen) atoms. The van der Waals surface area contributed by atoms with Gasteiger partial charge in [-0.25, -0.2) is 0 Å². The summed E-state index contributed by atoms with van der Waals surface area (Å²) in [6.07, 6.45) is 19.3. The van der Waals surface area contributed by atoms with Crippen LogP contribution in [0.1, 0.15) is 38.5 Å². The summed E-state index contributed by atoms with van der Waals surface area (Å²) >= 11 is -0.312. The van der Waals surface area contributed by atoms with Crippen LogP contribution in [0.25, 0.3) is 0 Å². The second kappa shape index (κ2) is 15.7. The summed E-state index contributed by atoms with van der Waals surface area (Å²) in [5, 5.41) is 26.9. The molecule has 6 rings (SSSR count). The average Bonchev–Trinajstić information content (AvgIpc) is 3.64. The summed E-state index contributed by atoms with van der Waals surface area (Å²) in [6, 6.07) is -1.12. The van der Waals surface area contributed by atoms with E-state index in [0.29, 0.717) is 12.8 Å². The van der Waals surface area contributed by atoms with Gasteiger partial charge in [0, 0.05) is 65.1 Å². The molecule has 0 bridgehead atoms. The number of rotatable bonds is 4. The number of aliphatic imine (C=N–C) groups is 2. The van der Waals surface area contributed by atoms with Gasteiger partial charge in [-0.05, 0) is 25.7 Å². The Balaban J connectivity index is 0.000000156. The molecule has 2 fully saturated rings. The Hall–Kier alpha value is -1.81. The van der Waals surface area contributed by atoms with Crippen LogP contribution in [0.15, 0.2) is 53.0 Å². The van der Waals surface area contributed by atoms with Gasteiger partial charge in [0.15, 0.2) is 11.9 Å². The maximum absolute atomic E-state index is 10.6. The Morgan fingerprint density at radius 1 is 0.789 bits per heavy atom. The smallest absolute Gasteiger partial charge is 0.194 e. The number of fused-ring (bicyclic) bond motifs is 2. The van der Waals surface area contributed by atoms with Gasteiger partial charge in [0.2, 0.25) is 0 Å². The van der Waals surface area contributed by atoms with Gasteiger partial charge in [-0.15, -0.1) is 0 Å². The van der Waals surface area contributed by atoms with Crippen molar-refractivity contribution in [2.75, 3.05) is 39.3 Å². The van der Waals surface area contributed by atoms with Crippen LogP contribution < -0.4 is 20.8 Å². The fourth-order valence-electron chi connectivity index (χ4n) is 4.68. The van der Waals surface area contributed by atoms with Crippen molar-refractivity contribution >= 4 is 49.7 Å². The molecule has 0 spiro atoms. The van der Waals surface area contributed by atoms with Crippen molar-refractivity contribution in [2.24, 2.45) is 9.98 Å². The van der Waals surface area contributed by atoms with Gasteiger partial charge in [-0.1, -0.05) is 0 Å². The molecule has 2 aliphatic carbocycles. The van der Waals surface area contributed by atoms with Crippen LogP contribution in [-0.2, 0) is 32.8 Å². The van der Waals surface area contributed by atoms with Crippen LogP contribution in [0.5, 0.6) is 0 Å². The minimum atomic E-state index is -1.03. The molecule has 0 amide bonds. The maximum atomic E-state index is 10.6. The molecule has 2 N–H and O–H groups in total. The van der Waals surface area contributed by atoms with Crippen molar-refractivity contribution < 1.29 is 43.0 Å². The Labute approximate surface area is 254 Å². The number of hydrogen-bond donors (Lipinski definition) is 2. The number of guanidine groups is 2. The Bertz CT molecular complexity index is 961. The fraction of sp³-hybridized carbons (Fsp3) is 0.538. The number of aliphatic carboxylic acids is 2. The molecule has 2 saturated heterocycles. The molecular formula is C26H34InN6O4Zr. The number of carbonyl (C=O) groups is 2. The molecule has 4 heterocycles. The molecule has 4 aliphatic heterocycles. The Morgan fingerprint density at radius 3 is 1.61 bits per heavy atom. The summed E-state index contributed by atoms with van der Waals surface area (Å²) in [6.45, 7) is 5.07. The maximum Gasteiger partial charge on any atom is 0.194 e.